The number of benzene rings is 7. The van der Waals surface area contributed by atoms with Gasteiger partial charge in [-0.2, -0.15) is 0 Å². The fraction of sp³-hybridized carbons (Fsp3) is 0.259. The molecule has 1 heterocycles. The van der Waals surface area contributed by atoms with Gasteiger partial charge in [-0.25, -0.2) is 0 Å². The molecule has 302 valence electrons. The fourth-order valence-corrected chi connectivity index (χ4v) is 39.6. The second kappa shape index (κ2) is 12.9. The zero-order valence-electron chi connectivity index (χ0n) is 37.6. The smallest absolute Gasteiger partial charge is 0.159 e. The van der Waals surface area contributed by atoms with Crippen molar-refractivity contribution in [2.24, 2.45) is 0 Å². The minimum Gasteiger partial charge on any atom is -0.454 e. The zero-order valence-corrected chi connectivity index (χ0v) is 41.6. The highest BCUT2D eigenvalue weighted by atomic mass is 28.4. The Morgan fingerprint density at radius 1 is 0.383 bits per heavy atom. The van der Waals surface area contributed by atoms with E-state index in [1.807, 2.05) is 0 Å². The zero-order chi connectivity index (χ0) is 42.4. The Hall–Kier alpha value is -4.73. The molecule has 0 amide bonds. The minimum atomic E-state index is -2.07. The summed E-state index contributed by atoms with van der Waals surface area (Å²) >= 11 is 0. The lowest BCUT2D eigenvalue weighted by molar-refractivity contribution is 0.669. The summed E-state index contributed by atoms with van der Waals surface area (Å²) in [5, 5.41) is 4.91. The van der Waals surface area contributed by atoms with E-state index < -0.39 is 32.3 Å². The van der Waals surface area contributed by atoms with Gasteiger partial charge in [0.2, 0.25) is 0 Å². The van der Waals surface area contributed by atoms with Crippen molar-refractivity contribution in [2.75, 3.05) is 4.90 Å². The largest absolute Gasteiger partial charge is 0.454 e. The average Bonchev–Trinajstić information content (AvgIpc) is 3.82. The Morgan fingerprint density at radius 2 is 0.900 bits per heavy atom. The Bertz CT molecular complexity index is 3010. The number of anilines is 3. The van der Waals surface area contributed by atoms with Gasteiger partial charge in [-0.15, -0.1) is 0 Å². The molecule has 0 atom stereocenters. The molecule has 0 saturated heterocycles. The predicted octanol–water partition coefficient (Wildman–Crippen LogP) is 16.3. The van der Waals surface area contributed by atoms with Crippen molar-refractivity contribution < 1.29 is 4.42 Å². The topological polar surface area (TPSA) is 16.4 Å². The molecular weight excluding hydrogens is 791 g/mol. The molecule has 0 saturated carbocycles. The summed E-state index contributed by atoms with van der Waals surface area (Å²) in [5.41, 5.74) is 17.6. The molecule has 7 aromatic carbocycles. The lowest BCUT2D eigenvalue weighted by atomic mass is 9.93. The summed E-state index contributed by atoms with van der Waals surface area (Å²) in [6.45, 7) is 31.9. The minimum absolute atomic E-state index is 0.0648. The van der Waals surface area contributed by atoms with Crippen LogP contribution in [0.25, 0.3) is 55.0 Å². The van der Waals surface area contributed by atoms with Crippen LogP contribution in [0, 0.1) is 0 Å². The highest BCUT2D eigenvalue weighted by molar-refractivity contribution is 7.00. The van der Waals surface area contributed by atoms with Crippen molar-refractivity contribution >= 4 is 82.1 Å². The first kappa shape index (κ1) is 39.4. The highest BCUT2D eigenvalue weighted by Gasteiger charge is 2.63. The molecule has 10 rings (SSSR count). The van der Waals surface area contributed by atoms with Crippen LogP contribution in [0.5, 0.6) is 0 Å². The van der Waals surface area contributed by atoms with Gasteiger partial charge in [-0.05, 0) is 92.4 Å². The third kappa shape index (κ3) is 5.02. The Labute approximate surface area is 361 Å². The van der Waals surface area contributed by atoms with E-state index in [2.05, 4.69) is 223 Å². The van der Waals surface area contributed by atoms with Crippen LogP contribution in [0.2, 0.25) is 78.6 Å². The number of furan rings is 1. The quantitative estimate of drug-likeness (QED) is 0.149. The van der Waals surface area contributed by atoms with E-state index in [1.165, 1.54) is 38.7 Å². The van der Waals surface area contributed by atoms with Crippen molar-refractivity contribution in [2.45, 2.75) is 87.9 Å². The van der Waals surface area contributed by atoms with Gasteiger partial charge in [0.15, 0.2) is 5.58 Å². The summed E-state index contributed by atoms with van der Waals surface area (Å²) in [6, 6.07) is 53.3. The molecule has 6 heteroatoms. The summed E-state index contributed by atoms with van der Waals surface area (Å²) in [4.78, 5) is 2.51. The maximum atomic E-state index is 6.84. The first-order chi connectivity index (χ1) is 28.3. The number of hydrogen-bond acceptors (Lipinski definition) is 2. The standard InChI is InChI=1S/C54H59NOSi4/c1-57(2,3)53(58(4,5)6)44-30-20-18-25-37(44)42-33-46-43(34-45(42)53)51-40-28-17-16-26-38(40)49(35-47(51)54(46,59(7,8)9)60(10,11)12)55(36-23-14-13-15-24-36)48-31-22-29-41-39-27-19-21-32-50(39)56-52(41)48/h13-35H,1-12H3. The molecule has 0 spiro atoms. The van der Waals surface area contributed by atoms with Gasteiger partial charge in [0.1, 0.15) is 5.58 Å². The van der Waals surface area contributed by atoms with Gasteiger partial charge in [0.25, 0.3) is 0 Å². The van der Waals surface area contributed by atoms with Crippen LogP contribution in [0.3, 0.4) is 0 Å². The molecule has 2 nitrogen and oxygen atoms in total. The Kier molecular flexibility index (Phi) is 8.47. The molecule has 60 heavy (non-hydrogen) atoms. The lowest BCUT2D eigenvalue weighted by Gasteiger charge is -2.52. The van der Waals surface area contributed by atoms with Gasteiger partial charge in [-0.3, -0.25) is 0 Å². The molecule has 0 fully saturated rings. The highest BCUT2D eigenvalue weighted by Crippen LogP contribution is 2.65. The van der Waals surface area contributed by atoms with Crippen molar-refractivity contribution in [3.05, 3.63) is 162 Å². The maximum absolute atomic E-state index is 6.84. The molecule has 0 unspecified atom stereocenters. The number of rotatable bonds is 7. The van der Waals surface area contributed by atoms with Gasteiger partial charge in [0.05, 0.1) is 43.7 Å². The lowest BCUT2D eigenvalue weighted by Crippen LogP contribution is -2.64. The molecule has 0 N–H and O–H groups in total. The van der Waals surface area contributed by atoms with Gasteiger partial charge in [-0.1, -0.05) is 176 Å². The number of fused-ring (bicyclic) bond motifs is 11. The third-order valence-corrected chi connectivity index (χ3v) is 34.8. The summed E-state index contributed by atoms with van der Waals surface area (Å²) in [6.07, 6.45) is 0. The first-order valence-corrected chi connectivity index (χ1v) is 35.9. The molecule has 2 aliphatic carbocycles. The van der Waals surface area contributed by atoms with E-state index in [0.717, 1.165) is 33.3 Å². The van der Waals surface area contributed by atoms with Crippen LogP contribution in [-0.2, 0) is 9.32 Å². The third-order valence-electron chi connectivity index (χ3n) is 14.7. The van der Waals surface area contributed by atoms with Crippen LogP contribution < -0.4 is 4.90 Å². The van der Waals surface area contributed by atoms with Crippen molar-refractivity contribution in [3.63, 3.8) is 0 Å². The van der Waals surface area contributed by atoms with Crippen LogP contribution in [0.1, 0.15) is 22.3 Å². The molecule has 0 bridgehead atoms. The van der Waals surface area contributed by atoms with Crippen molar-refractivity contribution in [3.8, 4) is 22.3 Å². The van der Waals surface area contributed by atoms with Crippen LogP contribution in [0.15, 0.2) is 144 Å². The summed E-state index contributed by atoms with van der Waals surface area (Å²) < 4.78 is 6.85. The van der Waals surface area contributed by atoms with Crippen LogP contribution in [0.4, 0.5) is 17.1 Å². The molecule has 2 aliphatic rings. The normalized spacial score (nSPS) is 15.6. The summed E-state index contributed by atoms with van der Waals surface area (Å²) in [7, 11) is -7.89. The maximum Gasteiger partial charge on any atom is 0.159 e. The second-order valence-corrected chi connectivity index (χ2v) is 43.8. The Balaban J connectivity index is 1.37. The molecule has 1 aromatic heterocycles. The Morgan fingerprint density at radius 3 is 1.57 bits per heavy atom. The average molecular weight is 850 g/mol. The van der Waals surface area contributed by atoms with Crippen molar-refractivity contribution in [1.29, 1.82) is 0 Å². The summed E-state index contributed by atoms with van der Waals surface area (Å²) in [5.74, 6) is 0. The predicted molar refractivity (Wildman–Crippen MR) is 272 cm³/mol. The van der Waals surface area contributed by atoms with Crippen LogP contribution >= 0.6 is 0 Å². The van der Waals surface area contributed by atoms with Gasteiger partial charge >= 0.3 is 0 Å². The molecular formula is C54H59NOSi4. The van der Waals surface area contributed by atoms with E-state index in [0.29, 0.717) is 0 Å². The molecule has 0 aliphatic heterocycles. The molecule has 0 radical (unpaired) electrons. The van der Waals surface area contributed by atoms with E-state index in [9.17, 15) is 0 Å². The number of hydrogen-bond donors (Lipinski definition) is 0. The van der Waals surface area contributed by atoms with Crippen molar-refractivity contribution in [1.82, 2.24) is 0 Å². The van der Waals surface area contributed by atoms with Gasteiger partial charge < -0.3 is 9.32 Å². The number of nitrogens with zero attached hydrogens (tertiary/aromatic N) is 1. The van der Waals surface area contributed by atoms with Crippen LogP contribution in [-0.4, -0.2) is 32.3 Å². The van der Waals surface area contributed by atoms with E-state index in [1.54, 1.807) is 22.3 Å². The second-order valence-electron chi connectivity index (χ2n) is 21.8. The monoisotopic (exact) mass is 849 g/mol. The SMILES string of the molecule is C[Si](C)(C)C1([Si](C)(C)C)c2ccccc2-c2cc3c(cc21)-c1c(cc(N(c2ccccc2)c2cccc4c2oc2ccccc24)c2ccccc12)C3([Si](C)(C)C)[Si](C)(C)C. The molecule has 8 aromatic rings. The number of para-hydroxylation sites is 3. The van der Waals surface area contributed by atoms with E-state index in [4.69, 9.17) is 4.42 Å². The first-order valence-electron chi connectivity index (χ1n) is 21.9. The van der Waals surface area contributed by atoms with E-state index in [-0.39, 0.29) is 9.32 Å². The fourth-order valence-electron chi connectivity index (χ4n) is 13.5. The van der Waals surface area contributed by atoms with E-state index >= 15 is 0 Å². The van der Waals surface area contributed by atoms with Gasteiger partial charge in [0, 0.05) is 31.2 Å².